The first kappa shape index (κ1) is 15.9. The van der Waals surface area contributed by atoms with Gasteiger partial charge in [-0.25, -0.2) is 13.8 Å². The minimum absolute atomic E-state index is 0.0932. The van der Waals surface area contributed by atoms with E-state index >= 15 is 0 Å². The van der Waals surface area contributed by atoms with E-state index in [4.69, 9.17) is 0 Å². The summed E-state index contributed by atoms with van der Waals surface area (Å²) in [5, 5.41) is 15.7. The number of rotatable bonds is 5. The highest BCUT2D eigenvalue weighted by molar-refractivity contribution is 6.05. The zero-order valence-corrected chi connectivity index (χ0v) is 12.1. The fraction of sp³-hybridized carbons (Fsp3) is 0.357. The largest absolute Gasteiger partial charge is 0.504 e. The van der Waals surface area contributed by atoms with Crippen LogP contribution in [0.5, 0.6) is 5.75 Å². The van der Waals surface area contributed by atoms with Crippen molar-refractivity contribution < 1.29 is 18.7 Å². The Balaban J connectivity index is 2.30. The van der Waals surface area contributed by atoms with Gasteiger partial charge in [0.2, 0.25) is 0 Å². The average Bonchev–Trinajstić information content (AvgIpc) is 2.84. The molecule has 2 aromatic rings. The number of carbonyl (C=O) groups is 1. The van der Waals surface area contributed by atoms with E-state index in [0.717, 1.165) is 10.9 Å². The van der Waals surface area contributed by atoms with Crippen LogP contribution in [0, 0.1) is 5.92 Å². The molecule has 0 aliphatic rings. The fourth-order valence-electron chi connectivity index (χ4n) is 1.96. The Kier molecular flexibility index (Phi) is 4.69. The van der Waals surface area contributed by atoms with Gasteiger partial charge in [0.05, 0.1) is 11.8 Å². The number of nitrogens with one attached hydrogen (secondary N) is 1. The van der Waals surface area contributed by atoms with E-state index in [1.54, 1.807) is 0 Å². The maximum atomic E-state index is 13.2. The van der Waals surface area contributed by atoms with Gasteiger partial charge in [0.1, 0.15) is 5.69 Å². The molecule has 118 valence electrons. The lowest BCUT2D eigenvalue weighted by molar-refractivity contribution is 0.100. The van der Waals surface area contributed by atoms with Crippen molar-refractivity contribution in [3.05, 3.63) is 35.8 Å². The fourth-order valence-corrected chi connectivity index (χ4v) is 1.96. The Morgan fingerprint density at radius 3 is 2.77 bits per heavy atom. The maximum absolute atomic E-state index is 13.2. The van der Waals surface area contributed by atoms with Crippen LogP contribution in [0.2, 0.25) is 0 Å². The quantitative estimate of drug-likeness (QED) is 0.890. The number of carbonyl (C=O) groups excluding carboxylic acids is 1. The van der Waals surface area contributed by atoms with Crippen LogP contribution in [0.4, 0.5) is 14.6 Å². The Morgan fingerprint density at radius 1 is 1.45 bits per heavy atom. The van der Waals surface area contributed by atoms with Crippen LogP contribution in [0.1, 0.15) is 36.3 Å². The van der Waals surface area contributed by atoms with E-state index in [2.05, 4.69) is 15.4 Å². The van der Waals surface area contributed by atoms with Crippen molar-refractivity contribution >= 4 is 11.7 Å². The summed E-state index contributed by atoms with van der Waals surface area (Å²) >= 11 is 0. The lowest BCUT2D eigenvalue weighted by Crippen LogP contribution is -2.17. The summed E-state index contributed by atoms with van der Waals surface area (Å²) in [6.45, 7) is 4.01. The van der Waals surface area contributed by atoms with E-state index in [1.165, 1.54) is 18.3 Å². The Labute approximate surface area is 125 Å². The molecular weight excluding hydrogens is 294 g/mol. The van der Waals surface area contributed by atoms with Gasteiger partial charge in [-0.1, -0.05) is 13.8 Å². The van der Waals surface area contributed by atoms with Gasteiger partial charge in [-0.05, 0) is 18.1 Å². The molecule has 0 unspecified atom stereocenters. The number of aromatic nitrogens is 3. The molecule has 0 aliphatic carbocycles. The molecule has 2 heterocycles. The van der Waals surface area contributed by atoms with Crippen LogP contribution in [0.15, 0.2) is 24.5 Å². The van der Waals surface area contributed by atoms with E-state index in [9.17, 15) is 18.7 Å². The van der Waals surface area contributed by atoms with Crippen LogP contribution in [0.25, 0.3) is 0 Å². The van der Waals surface area contributed by atoms with Crippen molar-refractivity contribution in [3.63, 3.8) is 0 Å². The predicted molar refractivity (Wildman–Crippen MR) is 75.9 cm³/mol. The van der Waals surface area contributed by atoms with Gasteiger partial charge in [-0.2, -0.15) is 5.10 Å². The molecule has 0 aliphatic heterocycles. The van der Waals surface area contributed by atoms with Gasteiger partial charge in [0.15, 0.2) is 11.6 Å². The third-order valence-corrected chi connectivity index (χ3v) is 2.89. The number of aromatic hydroxyl groups is 1. The van der Waals surface area contributed by atoms with E-state index in [-0.39, 0.29) is 29.6 Å². The molecule has 0 bridgehead atoms. The molecule has 8 heteroatoms. The van der Waals surface area contributed by atoms with Crippen molar-refractivity contribution in [2.45, 2.75) is 26.8 Å². The molecule has 0 aromatic carbocycles. The molecule has 2 aromatic heterocycles. The van der Waals surface area contributed by atoms with Crippen LogP contribution in [-0.4, -0.2) is 25.8 Å². The molecule has 0 radical (unpaired) electrons. The number of pyridine rings is 1. The summed E-state index contributed by atoms with van der Waals surface area (Å²) in [4.78, 5) is 15.9. The number of hydrogen-bond acceptors (Lipinski definition) is 4. The molecule has 1 amide bonds. The van der Waals surface area contributed by atoms with Gasteiger partial charge in [-0.15, -0.1) is 0 Å². The molecule has 22 heavy (non-hydrogen) atoms. The molecule has 0 spiro atoms. The van der Waals surface area contributed by atoms with E-state index in [0.29, 0.717) is 0 Å². The summed E-state index contributed by atoms with van der Waals surface area (Å²) < 4.78 is 27.6. The molecule has 0 saturated carbocycles. The standard InChI is InChI=1S/C14H16F2N4O2/c1-8(2)7-20-11(12(15)16)9(6-18-20)14(22)19-13-10(21)4-3-5-17-13/h3-6,8,12,21H,7H2,1-2H3,(H,17,19,22). The van der Waals surface area contributed by atoms with Crippen LogP contribution in [0.3, 0.4) is 0 Å². The highest BCUT2D eigenvalue weighted by Crippen LogP contribution is 2.25. The first-order valence-corrected chi connectivity index (χ1v) is 6.69. The summed E-state index contributed by atoms with van der Waals surface area (Å²) in [5.74, 6) is -1.03. The Hall–Kier alpha value is -2.51. The third-order valence-electron chi connectivity index (χ3n) is 2.89. The summed E-state index contributed by atoms with van der Waals surface area (Å²) in [5.41, 5.74) is -0.678. The molecule has 0 fully saturated rings. The number of alkyl halides is 2. The first-order valence-electron chi connectivity index (χ1n) is 6.69. The second kappa shape index (κ2) is 6.50. The van der Waals surface area contributed by atoms with Crippen molar-refractivity contribution in [1.29, 1.82) is 0 Å². The summed E-state index contributed by atoms with van der Waals surface area (Å²) in [6.07, 6.45) is -0.371. The van der Waals surface area contributed by atoms with E-state index < -0.39 is 18.0 Å². The van der Waals surface area contributed by atoms with Crippen LogP contribution in [-0.2, 0) is 6.54 Å². The average molecular weight is 310 g/mol. The Bertz CT molecular complexity index is 671. The third kappa shape index (κ3) is 3.38. The second-order valence-corrected chi connectivity index (χ2v) is 5.15. The zero-order valence-electron chi connectivity index (χ0n) is 12.1. The van der Waals surface area contributed by atoms with E-state index in [1.807, 2.05) is 13.8 Å². The predicted octanol–water partition coefficient (Wildman–Crippen LogP) is 2.83. The van der Waals surface area contributed by atoms with Gasteiger partial charge in [0, 0.05) is 12.7 Å². The van der Waals surface area contributed by atoms with Crippen LogP contribution >= 0.6 is 0 Å². The van der Waals surface area contributed by atoms with Crippen LogP contribution < -0.4 is 5.32 Å². The molecular formula is C14H16F2N4O2. The monoisotopic (exact) mass is 310 g/mol. The number of nitrogens with zero attached hydrogens (tertiary/aromatic N) is 3. The van der Waals surface area contributed by atoms with Crippen molar-refractivity contribution in [3.8, 4) is 5.75 Å². The molecule has 0 atom stereocenters. The lowest BCUT2D eigenvalue weighted by atomic mass is 10.2. The van der Waals surface area contributed by atoms with Gasteiger partial charge < -0.3 is 10.4 Å². The van der Waals surface area contributed by atoms with Crippen molar-refractivity contribution in [1.82, 2.24) is 14.8 Å². The summed E-state index contributed by atoms with van der Waals surface area (Å²) in [6, 6.07) is 2.81. The lowest BCUT2D eigenvalue weighted by Gasteiger charge is -2.11. The van der Waals surface area contributed by atoms with Crippen molar-refractivity contribution in [2.24, 2.45) is 5.92 Å². The minimum atomic E-state index is -2.83. The maximum Gasteiger partial charge on any atom is 0.280 e. The van der Waals surface area contributed by atoms with Gasteiger partial charge in [-0.3, -0.25) is 9.48 Å². The minimum Gasteiger partial charge on any atom is -0.504 e. The first-order chi connectivity index (χ1) is 10.4. The van der Waals surface area contributed by atoms with Gasteiger partial charge in [0.25, 0.3) is 12.3 Å². The molecule has 6 nitrogen and oxygen atoms in total. The highest BCUT2D eigenvalue weighted by atomic mass is 19.3. The molecule has 2 rings (SSSR count). The van der Waals surface area contributed by atoms with Crippen molar-refractivity contribution in [2.75, 3.05) is 5.32 Å². The second-order valence-electron chi connectivity index (χ2n) is 5.15. The number of amides is 1. The smallest absolute Gasteiger partial charge is 0.280 e. The topological polar surface area (TPSA) is 80.0 Å². The summed E-state index contributed by atoms with van der Waals surface area (Å²) in [7, 11) is 0. The number of anilines is 1. The normalized spacial score (nSPS) is 11.2. The SMILES string of the molecule is CC(C)Cn1ncc(C(=O)Nc2ncccc2O)c1C(F)F. The molecule has 0 saturated heterocycles. The number of halogens is 2. The Morgan fingerprint density at radius 2 is 2.18 bits per heavy atom. The zero-order chi connectivity index (χ0) is 16.3. The highest BCUT2D eigenvalue weighted by Gasteiger charge is 2.25. The molecule has 2 N–H and O–H groups in total. The van der Waals surface area contributed by atoms with Gasteiger partial charge >= 0.3 is 0 Å². The number of hydrogen-bond donors (Lipinski definition) is 2.